The van der Waals surface area contributed by atoms with E-state index in [1.807, 2.05) is 0 Å². The van der Waals surface area contributed by atoms with Gasteiger partial charge in [-0.15, -0.1) is 0 Å². The van der Waals surface area contributed by atoms with Crippen LogP contribution in [-0.2, 0) is 0 Å². The number of halogens is 2. The first-order valence-electron chi connectivity index (χ1n) is 6.47. The number of hydrogen-bond acceptors (Lipinski definition) is 1. The molecule has 1 aliphatic carbocycles. The van der Waals surface area contributed by atoms with Crippen LogP contribution < -0.4 is 0 Å². The standard InChI is InChI=1S/C15H18Cl2O/c1-9-3-4-11(5-10(9)2)15(18)12-6-13(16)8-14(17)7-12/h6-11H,3-5H2,1-2H3. The highest BCUT2D eigenvalue weighted by atomic mass is 35.5. The van der Waals surface area contributed by atoms with Gasteiger partial charge in [0.1, 0.15) is 0 Å². The minimum atomic E-state index is 0.130. The first-order chi connectivity index (χ1) is 8.47. The molecule has 1 aromatic rings. The van der Waals surface area contributed by atoms with Gasteiger partial charge in [-0.05, 0) is 49.3 Å². The lowest BCUT2D eigenvalue weighted by molar-refractivity contribution is 0.0837. The molecule has 0 N–H and O–H groups in total. The molecule has 0 amide bonds. The van der Waals surface area contributed by atoms with E-state index in [9.17, 15) is 4.79 Å². The maximum atomic E-state index is 12.4. The van der Waals surface area contributed by atoms with Gasteiger partial charge in [-0.3, -0.25) is 4.79 Å². The molecular formula is C15H18Cl2O. The van der Waals surface area contributed by atoms with Gasteiger partial charge >= 0.3 is 0 Å². The molecule has 98 valence electrons. The maximum Gasteiger partial charge on any atom is 0.166 e. The Labute approximate surface area is 118 Å². The number of rotatable bonds is 2. The molecule has 0 saturated heterocycles. The highest BCUT2D eigenvalue weighted by Gasteiger charge is 2.29. The van der Waals surface area contributed by atoms with Crippen LogP contribution in [0.4, 0.5) is 0 Å². The summed E-state index contributed by atoms with van der Waals surface area (Å²) in [6.07, 6.45) is 3.09. The van der Waals surface area contributed by atoms with Crippen LogP contribution in [0.1, 0.15) is 43.5 Å². The predicted octanol–water partition coefficient (Wildman–Crippen LogP) is 5.25. The van der Waals surface area contributed by atoms with Gasteiger partial charge in [0.05, 0.1) is 0 Å². The van der Waals surface area contributed by atoms with Crippen molar-refractivity contribution in [1.82, 2.24) is 0 Å². The number of Topliss-reactive ketones (excluding diaryl/α,β-unsaturated/α-hetero) is 1. The Morgan fingerprint density at radius 3 is 2.22 bits per heavy atom. The van der Waals surface area contributed by atoms with Crippen LogP contribution in [0, 0.1) is 17.8 Å². The molecule has 1 aliphatic rings. The lowest BCUT2D eigenvalue weighted by atomic mass is 9.73. The van der Waals surface area contributed by atoms with E-state index in [0.29, 0.717) is 21.5 Å². The number of hydrogen-bond donors (Lipinski definition) is 0. The molecule has 1 nitrogen and oxygen atoms in total. The number of carbonyl (C=O) groups excluding carboxylic acids is 1. The third-order valence-corrected chi connectivity index (χ3v) is 4.55. The molecule has 18 heavy (non-hydrogen) atoms. The number of carbonyl (C=O) groups is 1. The smallest absolute Gasteiger partial charge is 0.166 e. The van der Waals surface area contributed by atoms with E-state index in [0.717, 1.165) is 25.2 Å². The van der Waals surface area contributed by atoms with E-state index in [-0.39, 0.29) is 11.7 Å². The molecule has 1 aromatic carbocycles. The molecule has 2 rings (SSSR count). The van der Waals surface area contributed by atoms with E-state index in [1.54, 1.807) is 18.2 Å². The highest BCUT2D eigenvalue weighted by molar-refractivity contribution is 6.35. The summed E-state index contributed by atoms with van der Waals surface area (Å²) in [7, 11) is 0. The second-order valence-electron chi connectivity index (χ2n) is 5.49. The van der Waals surface area contributed by atoms with E-state index < -0.39 is 0 Å². The van der Waals surface area contributed by atoms with Crippen molar-refractivity contribution in [2.45, 2.75) is 33.1 Å². The molecule has 0 heterocycles. The fourth-order valence-electron chi connectivity index (χ4n) is 2.72. The van der Waals surface area contributed by atoms with Crippen molar-refractivity contribution in [2.24, 2.45) is 17.8 Å². The monoisotopic (exact) mass is 284 g/mol. The van der Waals surface area contributed by atoms with Crippen molar-refractivity contribution in [1.29, 1.82) is 0 Å². The van der Waals surface area contributed by atoms with Crippen molar-refractivity contribution in [3.8, 4) is 0 Å². The quantitative estimate of drug-likeness (QED) is 0.678. The topological polar surface area (TPSA) is 17.1 Å². The zero-order valence-corrected chi connectivity index (χ0v) is 12.3. The first-order valence-corrected chi connectivity index (χ1v) is 7.23. The molecule has 0 aromatic heterocycles. The second kappa shape index (κ2) is 5.63. The van der Waals surface area contributed by atoms with Gasteiger partial charge in [-0.25, -0.2) is 0 Å². The predicted molar refractivity (Wildman–Crippen MR) is 76.5 cm³/mol. The van der Waals surface area contributed by atoms with Gasteiger partial charge in [0.2, 0.25) is 0 Å². The van der Waals surface area contributed by atoms with E-state index in [2.05, 4.69) is 13.8 Å². The van der Waals surface area contributed by atoms with Gasteiger partial charge < -0.3 is 0 Å². The van der Waals surface area contributed by atoms with Crippen LogP contribution >= 0.6 is 23.2 Å². The van der Waals surface area contributed by atoms with Crippen LogP contribution in [0.3, 0.4) is 0 Å². The molecule has 0 spiro atoms. The molecule has 0 bridgehead atoms. The average Bonchev–Trinajstić information content (AvgIpc) is 2.30. The zero-order chi connectivity index (χ0) is 13.3. The molecule has 3 heteroatoms. The van der Waals surface area contributed by atoms with Crippen molar-refractivity contribution in [2.75, 3.05) is 0 Å². The third kappa shape index (κ3) is 3.07. The van der Waals surface area contributed by atoms with Crippen molar-refractivity contribution in [3.05, 3.63) is 33.8 Å². The van der Waals surface area contributed by atoms with Crippen molar-refractivity contribution in [3.63, 3.8) is 0 Å². The van der Waals surface area contributed by atoms with Gasteiger partial charge in [-0.1, -0.05) is 37.0 Å². The number of benzene rings is 1. The minimum Gasteiger partial charge on any atom is -0.294 e. The summed E-state index contributed by atoms with van der Waals surface area (Å²) in [4.78, 5) is 12.4. The van der Waals surface area contributed by atoms with Gasteiger partial charge in [-0.2, -0.15) is 0 Å². The summed E-state index contributed by atoms with van der Waals surface area (Å²) in [5, 5.41) is 1.06. The van der Waals surface area contributed by atoms with Gasteiger partial charge in [0, 0.05) is 21.5 Å². The summed E-state index contributed by atoms with van der Waals surface area (Å²) in [5.74, 6) is 1.66. The Bertz CT molecular complexity index is 436. The SMILES string of the molecule is CC1CCC(C(=O)c2cc(Cl)cc(Cl)c2)CC1C. The minimum absolute atomic E-state index is 0.130. The van der Waals surface area contributed by atoms with Crippen LogP contribution in [0.2, 0.25) is 10.0 Å². The normalized spacial score (nSPS) is 28.1. The summed E-state index contributed by atoms with van der Waals surface area (Å²) in [6, 6.07) is 5.10. The summed E-state index contributed by atoms with van der Waals surface area (Å²) >= 11 is 11.9. The summed E-state index contributed by atoms with van der Waals surface area (Å²) in [6.45, 7) is 4.50. The zero-order valence-electron chi connectivity index (χ0n) is 10.7. The molecule has 0 aliphatic heterocycles. The second-order valence-corrected chi connectivity index (χ2v) is 6.36. The Kier molecular flexibility index (Phi) is 4.34. The molecular weight excluding hydrogens is 267 g/mol. The Morgan fingerprint density at radius 1 is 1.06 bits per heavy atom. The van der Waals surface area contributed by atoms with Crippen molar-refractivity contribution < 1.29 is 4.79 Å². The first kappa shape index (κ1) is 13.9. The summed E-state index contributed by atoms with van der Waals surface area (Å²) in [5.41, 5.74) is 0.652. The number of ketones is 1. The molecule has 0 radical (unpaired) electrons. The lowest BCUT2D eigenvalue weighted by Gasteiger charge is -2.31. The lowest BCUT2D eigenvalue weighted by Crippen LogP contribution is -2.26. The highest BCUT2D eigenvalue weighted by Crippen LogP contribution is 2.35. The van der Waals surface area contributed by atoms with Gasteiger partial charge in [0.25, 0.3) is 0 Å². The Morgan fingerprint density at radius 2 is 1.67 bits per heavy atom. The molecule has 3 unspecified atom stereocenters. The van der Waals surface area contributed by atoms with E-state index >= 15 is 0 Å². The largest absolute Gasteiger partial charge is 0.294 e. The van der Waals surface area contributed by atoms with Gasteiger partial charge in [0.15, 0.2) is 5.78 Å². The van der Waals surface area contributed by atoms with Crippen molar-refractivity contribution >= 4 is 29.0 Å². The van der Waals surface area contributed by atoms with Crippen LogP contribution in [-0.4, -0.2) is 5.78 Å². The average molecular weight is 285 g/mol. The fourth-order valence-corrected chi connectivity index (χ4v) is 3.24. The Balaban J connectivity index is 2.16. The van der Waals surface area contributed by atoms with E-state index in [4.69, 9.17) is 23.2 Å². The van der Waals surface area contributed by atoms with Crippen LogP contribution in [0.25, 0.3) is 0 Å². The Hall–Kier alpha value is -0.530. The van der Waals surface area contributed by atoms with Crippen LogP contribution in [0.5, 0.6) is 0 Å². The third-order valence-electron chi connectivity index (χ3n) is 4.12. The fraction of sp³-hybridized carbons (Fsp3) is 0.533. The van der Waals surface area contributed by atoms with Crippen LogP contribution in [0.15, 0.2) is 18.2 Å². The van der Waals surface area contributed by atoms with E-state index in [1.165, 1.54) is 0 Å². The maximum absolute atomic E-state index is 12.4. The summed E-state index contributed by atoms with van der Waals surface area (Å²) < 4.78 is 0. The molecule has 1 fully saturated rings. The molecule has 3 atom stereocenters. The molecule has 1 saturated carbocycles.